The maximum Gasteiger partial charge on any atom is 0.142 e. The summed E-state index contributed by atoms with van der Waals surface area (Å²) in [5.41, 5.74) is 0. The first-order valence-electron chi connectivity index (χ1n) is 4.13. The number of carbonyl (C=O) groups is 1. The number of unbranched alkanes of at least 4 members (excludes halogenated alkanes) is 3. The summed E-state index contributed by atoms with van der Waals surface area (Å²) in [6.45, 7) is 2.03. The Morgan fingerprint density at radius 3 is 2.27 bits per heavy atom. The van der Waals surface area contributed by atoms with Gasteiger partial charge < -0.3 is 0 Å². The highest BCUT2D eigenvalue weighted by molar-refractivity contribution is 5.64. The van der Waals surface area contributed by atoms with Crippen molar-refractivity contribution in [3.63, 3.8) is 0 Å². The number of carbonyl (C=O) groups excluding carboxylic acids is 1. The summed E-state index contributed by atoms with van der Waals surface area (Å²) in [6, 6.07) is 0. The zero-order valence-corrected chi connectivity index (χ0v) is 7.12. The average Bonchev–Trinajstić information content (AvgIpc) is 2.03. The Labute approximate surface area is 68.8 Å². The maximum atomic E-state index is 9.84. The molecule has 0 fully saturated rings. The van der Waals surface area contributed by atoms with Crippen LogP contribution in [0.2, 0.25) is 0 Å². The molecule has 11 heavy (non-hydrogen) atoms. The standard InChI is InChI=1S/C10H16O/c1-2-3-4-5-6-7-8-9-10-11/h2-3,8-10H,4-7H2,1H3/b3-2-,9-8+. The van der Waals surface area contributed by atoms with Gasteiger partial charge in [-0.05, 0) is 38.7 Å². The number of aldehydes is 1. The predicted octanol–water partition coefficient (Wildman–Crippen LogP) is 2.88. The normalized spacial score (nSPS) is 11.4. The number of rotatable bonds is 6. The topological polar surface area (TPSA) is 17.1 Å². The van der Waals surface area contributed by atoms with Gasteiger partial charge in [0.25, 0.3) is 0 Å². The van der Waals surface area contributed by atoms with Gasteiger partial charge in [-0.15, -0.1) is 0 Å². The van der Waals surface area contributed by atoms with Crippen molar-refractivity contribution in [2.75, 3.05) is 0 Å². The Hall–Kier alpha value is -0.850. The van der Waals surface area contributed by atoms with E-state index in [9.17, 15) is 4.79 Å². The Morgan fingerprint density at radius 1 is 1.09 bits per heavy atom. The predicted molar refractivity (Wildman–Crippen MR) is 48.5 cm³/mol. The van der Waals surface area contributed by atoms with Crippen molar-refractivity contribution in [1.82, 2.24) is 0 Å². The highest BCUT2D eigenvalue weighted by atomic mass is 16.1. The second-order valence-electron chi connectivity index (χ2n) is 2.42. The van der Waals surface area contributed by atoms with Crippen LogP contribution in [0.5, 0.6) is 0 Å². The third-order valence-corrected chi connectivity index (χ3v) is 1.44. The van der Waals surface area contributed by atoms with Crippen molar-refractivity contribution in [3.05, 3.63) is 24.3 Å². The van der Waals surface area contributed by atoms with Crippen molar-refractivity contribution in [2.24, 2.45) is 0 Å². The molecular weight excluding hydrogens is 136 g/mol. The molecule has 0 saturated heterocycles. The van der Waals surface area contributed by atoms with Crippen LogP contribution in [-0.2, 0) is 4.79 Å². The SMILES string of the molecule is C/C=C\CCCC/C=C/C=O. The summed E-state index contributed by atoms with van der Waals surface area (Å²) >= 11 is 0. The fourth-order valence-corrected chi connectivity index (χ4v) is 0.843. The van der Waals surface area contributed by atoms with Crippen molar-refractivity contribution in [2.45, 2.75) is 32.6 Å². The monoisotopic (exact) mass is 152 g/mol. The molecule has 0 atom stereocenters. The fourth-order valence-electron chi connectivity index (χ4n) is 0.843. The lowest BCUT2D eigenvalue weighted by Crippen LogP contribution is -1.72. The molecular formula is C10H16O. The van der Waals surface area contributed by atoms with Gasteiger partial charge in [-0.25, -0.2) is 0 Å². The van der Waals surface area contributed by atoms with Gasteiger partial charge in [0.2, 0.25) is 0 Å². The van der Waals surface area contributed by atoms with E-state index in [2.05, 4.69) is 12.2 Å². The first-order chi connectivity index (χ1) is 5.41. The van der Waals surface area contributed by atoms with Crippen molar-refractivity contribution in [1.29, 1.82) is 0 Å². The molecule has 1 nitrogen and oxygen atoms in total. The summed E-state index contributed by atoms with van der Waals surface area (Å²) in [5, 5.41) is 0. The Balaban J connectivity index is 3.02. The van der Waals surface area contributed by atoms with E-state index in [1.807, 2.05) is 13.0 Å². The molecule has 0 aliphatic rings. The van der Waals surface area contributed by atoms with Gasteiger partial charge in [-0.2, -0.15) is 0 Å². The zero-order valence-electron chi connectivity index (χ0n) is 7.12. The van der Waals surface area contributed by atoms with E-state index in [-0.39, 0.29) is 0 Å². The molecule has 0 bridgehead atoms. The Kier molecular flexibility index (Phi) is 8.44. The summed E-state index contributed by atoms with van der Waals surface area (Å²) in [7, 11) is 0. The van der Waals surface area contributed by atoms with Gasteiger partial charge in [0.15, 0.2) is 0 Å². The third-order valence-electron chi connectivity index (χ3n) is 1.44. The fraction of sp³-hybridized carbons (Fsp3) is 0.500. The molecule has 0 N–H and O–H groups in total. The lowest BCUT2D eigenvalue weighted by molar-refractivity contribution is -0.104. The van der Waals surface area contributed by atoms with Gasteiger partial charge in [0, 0.05) is 0 Å². The quantitative estimate of drug-likeness (QED) is 0.247. The van der Waals surface area contributed by atoms with Crippen LogP contribution in [0.15, 0.2) is 24.3 Å². The first-order valence-corrected chi connectivity index (χ1v) is 4.13. The summed E-state index contributed by atoms with van der Waals surface area (Å²) in [5.74, 6) is 0. The van der Waals surface area contributed by atoms with Crippen LogP contribution in [0.25, 0.3) is 0 Å². The summed E-state index contributed by atoms with van der Waals surface area (Å²) in [4.78, 5) is 9.84. The minimum Gasteiger partial charge on any atom is -0.299 e. The van der Waals surface area contributed by atoms with Gasteiger partial charge >= 0.3 is 0 Å². The van der Waals surface area contributed by atoms with E-state index in [1.165, 1.54) is 12.8 Å². The van der Waals surface area contributed by atoms with Crippen LogP contribution in [0.4, 0.5) is 0 Å². The second-order valence-corrected chi connectivity index (χ2v) is 2.42. The summed E-state index contributed by atoms with van der Waals surface area (Å²) < 4.78 is 0. The minimum absolute atomic E-state index is 0.825. The molecule has 0 aromatic carbocycles. The van der Waals surface area contributed by atoms with Crippen LogP contribution in [0.1, 0.15) is 32.6 Å². The van der Waals surface area contributed by atoms with Gasteiger partial charge in [-0.1, -0.05) is 18.2 Å². The van der Waals surface area contributed by atoms with Crippen LogP contribution < -0.4 is 0 Å². The Bertz CT molecular complexity index is 134. The maximum absolute atomic E-state index is 9.84. The van der Waals surface area contributed by atoms with Crippen molar-refractivity contribution in [3.8, 4) is 0 Å². The van der Waals surface area contributed by atoms with Gasteiger partial charge in [-0.3, -0.25) is 4.79 Å². The Morgan fingerprint density at radius 2 is 1.73 bits per heavy atom. The van der Waals surface area contributed by atoms with Gasteiger partial charge in [0.1, 0.15) is 6.29 Å². The molecule has 0 aliphatic carbocycles. The van der Waals surface area contributed by atoms with E-state index in [4.69, 9.17) is 0 Å². The van der Waals surface area contributed by atoms with Crippen molar-refractivity contribution < 1.29 is 4.79 Å². The minimum atomic E-state index is 0.825. The highest BCUT2D eigenvalue weighted by Crippen LogP contribution is 2.00. The van der Waals surface area contributed by atoms with Crippen LogP contribution >= 0.6 is 0 Å². The van der Waals surface area contributed by atoms with E-state index in [0.29, 0.717) is 0 Å². The molecule has 0 aliphatic heterocycles. The van der Waals surface area contributed by atoms with Crippen LogP contribution in [-0.4, -0.2) is 6.29 Å². The van der Waals surface area contributed by atoms with Gasteiger partial charge in [0.05, 0.1) is 0 Å². The first kappa shape index (κ1) is 10.2. The van der Waals surface area contributed by atoms with E-state index >= 15 is 0 Å². The zero-order chi connectivity index (χ0) is 8.36. The van der Waals surface area contributed by atoms with Crippen LogP contribution in [0.3, 0.4) is 0 Å². The molecule has 0 rings (SSSR count). The largest absolute Gasteiger partial charge is 0.299 e. The molecule has 0 radical (unpaired) electrons. The van der Waals surface area contributed by atoms with Crippen molar-refractivity contribution >= 4 is 6.29 Å². The molecule has 0 amide bonds. The third kappa shape index (κ3) is 9.15. The number of allylic oxidation sites excluding steroid dienone is 4. The highest BCUT2D eigenvalue weighted by Gasteiger charge is 1.81. The molecule has 0 aromatic rings. The van der Waals surface area contributed by atoms with Crippen LogP contribution in [0, 0.1) is 0 Å². The molecule has 0 unspecified atom stereocenters. The van der Waals surface area contributed by atoms with E-state index in [0.717, 1.165) is 19.1 Å². The molecule has 0 spiro atoms. The summed E-state index contributed by atoms with van der Waals surface area (Å²) in [6.07, 6.45) is 13.1. The number of hydrogen-bond acceptors (Lipinski definition) is 1. The smallest absolute Gasteiger partial charge is 0.142 e. The molecule has 1 heteroatoms. The molecule has 0 saturated carbocycles. The van der Waals surface area contributed by atoms with E-state index < -0.39 is 0 Å². The van der Waals surface area contributed by atoms with E-state index in [1.54, 1.807) is 6.08 Å². The molecule has 62 valence electrons. The number of hydrogen-bond donors (Lipinski definition) is 0. The lowest BCUT2D eigenvalue weighted by Gasteiger charge is -1.90. The second kappa shape index (κ2) is 9.15. The lowest BCUT2D eigenvalue weighted by atomic mass is 10.2. The average molecular weight is 152 g/mol. The molecule has 0 aromatic heterocycles. The molecule has 0 heterocycles.